The van der Waals surface area contributed by atoms with Crippen molar-refractivity contribution < 1.29 is 9.59 Å². The zero-order valence-corrected chi connectivity index (χ0v) is 12.3. The van der Waals surface area contributed by atoms with Gasteiger partial charge in [0.1, 0.15) is 11.0 Å². The van der Waals surface area contributed by atoms with E-state index in [0.717, 1.165) is 0 Å². The molecule has 0 bridgehead atoms. The van der Waals surface area contributed by atoms with Crippen LogP contribution in [0.5, 0.6) is 0 Å². The Morgan fingerprint density at radius 1 is 1.19 bits per heavy atom. The van der Waals surface area contributed by atoms with Crippen molar-refractivity contribution in [2.24, 2.45) is 0 Å². The first-order valence-corrected chi connectivity index (χ1v) is 6.52. The summed E-state index contributed by atoms with van der Waals surface area (Å²) in [4.78, 5) is 32.8. The first-order valence-electron chi connectivity index (χ1n) is 6.15. The summed E-state index contributed by atoms with van der Waals surface area (Å²) in [6, 6.07) is 8.28. The number of carbonyl (C=O) groups excluding carboxylic acids is 2. The first-order chi connectivity index (χ1) is 9.99. The van der Waals surface area contributed by atoms with Crippen LogP contribution in [0.4, 0.5) is 17.3 Å². The molecule has 21 heavy (non-hydrogen) atoms. The number of amides is 2. The molecule has 7 heteroatoms. The Morgan fingerprint density at radius 2 is 1.95 bits per heavy atom. The van der Waals surface area contributed by atoms with Crippen LogP contribution >= 0.6 is 11.6 Å². The van der Waals surface area contributed by atoms with Gasteiger partial charge in [0.25, 0.3) is 0 Å². The highest BCUT2D eigenvalue weighted by Crippen LogP contribution is 2.30. The van der Waals surface area contributed by atoms with Gasteiger partial charge in [-0.05, 0) is 24.3 Å². The molecule has 1 N–H and O–H groups in total. The molecule has 108 valence electrons. The summed E-state index contributed by atoms with van der Waals surface area (Å²) < 4.78 is 0. The van der Waals surface area contributed by atoms with Crippen molar-refractivity contribution in [1.82, 2.24) is 9.97 Å². The fourth-order valence-corrected chi connectivity index (χ4v) is 1.93. The maximum absolute atomic E-state index is 12.0. The van der Waals surface area contributed by atoms with E-state index in [4.69, 9.17) is 11.6 Å². The third-order valence-corrected chi connectivity index (χ3v) is 2.77. The van der Waals surface area contributed by atoms with Gasteiger partial charge in [-0.2, -0.15) is 0 Å². The van der Waals surface area contributed by atoms with Crippen LogP contribution in [-0.2, 0) is 9.59 Å². The molecule has 0 atom stereocenters. The van der Waals surface area contributed by atoms with Crippen molar-refractivity contribution >= 4 is 40.7 Å². The number of nitrogens with one attached hydrogen (secondary N) is 1. The summed E-state index contributed by atoms with van der Waals surface area (Å²) in [6.45, 7) is 2.76. The molecular weight excluding hydrogens is 292 g/mol. The Morgan fingerprint density at radius 3 is 2.52 bits per heavy atom. The van der Waals surface area contributed by atoms with E-state index in [1.54, 1.807) is 30.5 Å². The molecule has 2 rings (SSSR count). The Labute approximate surface area is 126 Å². The van der Waals surface area contributed by atoms with Gasteiger partial charge in [-0.1, -0.05) is 17.7 Å². The lowest BCUT2D eigenvalue weighted by atomic mass is 10.3. The third-order valence-electron chi connectivity index (χ3n) is 2.56. The van der Waals surface area contributed by atoms with Gasteiger partial charge in [-0.3, -0.25) is 9.59 Å². The maximum Gasteiger partial charge on any atom is 0.230 e. The Balaban J connectivity index is 2.57. The van der Waals surface area contributed by atoms with Gasteiger partial charge in [0.05, 0.1) is 5.69 Å². The molecule has 6 nitrogen and oxygen atoms in total. The number of hydrogen-bond acceptors (Lipinski definition) is 4. The van der Waals surface area contributed by atoms with Crippen LogP contribution in [0, 0.1) is 0 Å². The summed E-state index contributed by atoms with van der Waals surface area (Å²) in [5.74, 6) is 0.0511. The third kappa shape index (κ3) is 3.55. The van der Waals surface area contributed by atoms with Gasteiger partial charge in [0.15, 0.2) is 5.82 Å². The second-order valence-corrected chi connectivity index (χ2v) is 4.62. The largest absolute Gasteiger partial charge is 0.323 e. The van der Waals surface area contributed by atoms with Crippen LogP contribution in [0.3, 0.4) is 0 Å². The quantitative estimate of drug-likeness (QED) is 0.885. The lowest BCUT2D eigenvalue weighted by Gasteiger charge is -2.21. The van der Waals surface area contributed by atoms with E-state index in [9.17, 15) is 9.59 Å². The Bertz CT molecular complexity index is 676. The number of halogens is 1. The highest BCUT2D eigenvalue weighted by atomic mass is 35.5. The molecule has 2 aromatic rings. The molecule has 0 aliphatic heterocycles. The number of aromatic nitrogens is 2. The summed E-state index contributed by atoms with van der Waals surface area (Å²) in [5.41, 5.74) is 0.382. The normalized spacial score (nSPS) is 10.0. The topological polar surface area (TPSA) is 75.2 Å². The zero-order chi connectivity index (χ0) is 15.4. The van der Waals surface area contributed by atoms with Crippen molar-refractivity contribution in [3.05, 3.63) is 41.7 Å². The highest BCUT2D eigenvalue weighted by molar-refractivity contribution is 6.29. The summed E-state index contributed by atoms with van der Waals surface area (Å²) in [7, 11) is 0. The van der Waals surface area contributed by atoms with E-state index >= 15 is 0 Å². The zero-order valence-electron chi connectivity index (χ0n) is 11.5. The minimum absolute atomic E-state index is 0.210. The van der Waals surface area contributed by atoms with Gasteiger partial charge in [-0.15, -0.1) is 0 Å². The maximum atomic E-state index is 12.0. The molecule has 0 fully saturated rings. The second-order valence-electron chi connectivity index (χ2n) is 4.23. The Hall–Kier alpha value is -2.47. The van der Waals surface area contributed by atoms with Crippen LogP contribution < -0.4 is 10.2 Å². The van der Waals surface area contributed by atoms with E-state index in [1.807, 2.05) is 0 Å². The van der Waals surface area contributed by atoms with Crippen molar-refractivity contribution in [3.8, 4) is 0 Å². The molecule has 2 aromatic heterocycles. The first kappa shape index (κ1) is 14.9. The summed E-state index contributed by atoms with van der Waals surface area (Å²) in [6.07, 6.45) is 1.56. The van der Waals surface area contributed by atoms with Gasteiger partial charge in [0.2, 0.25) is 11.8 Å². The molecule has 0 radical (unpaired) electrons. The molecular formula is C14H13ClN4O2. The fraction of sp³-hybridized carbons (Fsp3) is 0.143. The smallest absolute Gasteiger partial charge is 0.230 e. The molecule has 0 aliphatic rings. The lowest BCUT2D eigenvalue weighted by Crippen LogP contribution is -2.26. The SMILES string of the molecule is CC(=O)Nc1ccc(Cl)nc1N(C(C)=O)c1ccccn1. The van der Waals surface area contributed by atoms with Crippen molar-refractivity contribution in [1.29, 1.82) is 0 Å². The summed E-state index contributed by atoms with van der Waals surface area (Å²) >= 11 is 5.91. The van der Waals surface area contributed by atoms with Gasteiger partial charge in [-0.25, -0.2) is 14.9 Å². The molecule has 0 spiro atoms. The van der Waals surface area contributed by atoms with E-state index in [0.29, 0.717) is 11.5 Å². The predicted octanol–water partition coefficient (Wildman–Crippen LogP) is 2.77. The van der Waals surface area contributed by atoms with Gasteiger partial charge in [0, 0.05) is 20.0 Å². The monoisotopic (exact) mass is 304 g/mol. The molecule has 0 saturated heterocycles. The predicted molar refractivity (Wildman–Crippen MR) is 80.6 cm³/mol. The number of nitrogens with zero attached hydrogens (tertiary/aromatic N) is 3. The van der Waals surface area contributed by atoms with Crippen LogP contribution in [-0.4, -0.2) is 21.8 Å². The van der Waals surface area contributed by atoms with E-state index < -0.39 is 0 Å². The average molecular weight is 305 g/mol. The fourth-order valence-electron chi connectivity index (χ4n) is 1.79. The van der Waals surface area contributed by atoms with Gasteiger partial charge >= 0.3 is 0 Å². The summed E-state index contributed by atoms with van der Waals surface area (Å²) in [5, 5.41) is 2.83. The van der Waals surface area contributed by atoms with Gasteiger partial charge < -0.3 is 5.32 Å². The number of anilines is 3. The molecule has 2 amide bonds. The molecule has 0 aliphatic carbocycles. The number of rotatable bonds is 3. The highest BCUT2D eigenvalue weighted by Gasteiger charge is 2.21. The van der Waals surface area contributed by atoms with E-state index in [2.05, 4.69) is 15.3 Å². The van der Waals surface area contributed by atoms with Crippen molar-refractivity contribution in [2.75, 3.05) is 10.2 Å². The molecule has 2 heterocycles. The van der Waals surface area contributed by atoms with E-state index in [1.165, 1.54) is 24.8 Å². The van der Waals surface area contributed by atoms with Crippen LogP contribution in [0.2, 0.25) is 5.15 Å². The number of hydrogen-bond donors (Lipinski definition) is 1. The van der Waals surface area contributed by atoms with Crippen LogP contribution in [0.25, 0.3) is 0 Å². The number of pyridine rings is 2. The van der Waals surface area contributed by atoms with E-state index in [-0.39, 0.29) is 22.8 Å². The van der Waals surface area contributed by atoms with Crippen molar-refractivity contribution in [3.63, 3.8) is 0 Å². The second kappa shape index (κ2) is 6.32. The molecule has 0 unspecified atom stereocenters. The average Bonchev–Trinajstić information content (AvgIpc) is 2.42. The molecule has 0 saturated carbocycles. The van der Waals surface area contributed by atoms with Crippen LogP contribution in [0.15, 0.2) is 36.5 Å². The standard InChI is InChI=1S/C14H13ClN4O2/c1-9(20)17-11-6-7-12(15)18-14(11)19(10(2)21)13-5-3-4-8-16-13/h3-8H,1-2H3,(H,17,20). The minimum Gasteiger partial charge on any atom is -0.323 e. The lowest BCUT2D eigenvalue weighted by molar-refractivity contribution is -0.116. The van der Waals surface area contributed by atoms with Crippen LogP contribution in [0.1, 0.15) is 13.8 Å². The number of carbonyl (C=O) groups is 2. The van der Waals surface area contributed by atoms with Crippen molar-refractivity contribution in [2.45, 2.75) is 13.8 Å². The Kier molecular flexibility index (Phi) is 4.49. The minimum atomic E-state index is -0.296. The molecule has 0 aromatic carbocycles.